The SMILES string of the molecule is CC(CNC(C)C1CC2CCC1C2)C(N)=O. The lowest BCUT2D eigenvalue weighted by molar-refractivity contribution is -0.121. The average molecular weight is 224 g/mol. The molecule has 0 aliphatic heterocycles. The quantitative estimate of drug-likeness (QED) is 0.744. The third-order valence-corrected chi connectivity index (χ3v) is 4.67. The van der Waals surface area contributed by atoms with Crippen molar-refractivity contribution in [3.05, 3.63) is 0 Å². The number of primary amides is 1. The third-order valence-electron chi connectivity index (χ3n) is 4.67. The van der Waals surface area contributed by atoms with E-state index in [9.17, 15) is 4.79 Å². The van der Waals surface area contributed by atoms with E-state index in [0.717, 1.165) is 24.3 Å². The van der Waals surface area contributed by atoms with Crippen LogP contribution in [0.2, 0.25) is 0 Å². The zero-order valence-corrected chi connectivity index (χ0v) is 10.4. The fourth-order valence-electron chi connectivity index (χ4n) is 3.52. The van der Waals surface area contributed by atoms with E-state index in [1.54, 1.807) is 0 Å². The maximum Gasteiger partial charge on any atom is 0.221 e. The molecule has 3 nitrogen and oxygen atoms in total. The number of amides is 1. The Morgan fingerprint density at radius 1 is 1.38 bits per heavy atom. The molecule has 0 saturated heterocycles. The summed E-state index contributed by atoms with van der Waals surface area (Å²) in [7, 11) is 0. The van der Waals surface area contributed by atoms with E-state index in [0.29, 0.717) is 6.04 Å². The number of rotatable bonds is 5. The Morgan fingerprint density at radius 3 is 2.62 bits per heavy atom. The van der Waals surface area contributed by atoms with Crippen LogP contribution >= 0.6 is 0 Å². The molecule has 0 radical (unpaired) electrons. The van der Waals surface area contributed by atoms with Crippen molar-refractivity contribution < 1.29 is 4.79 Å². The number of fused-ring (bicyclic) bond motifs is 2. The van der Waals surface area contributed by atoms with Crippen LogP contribution in [0.4, 0.5) is 0 Å². The minimum absolute atomic E-state index is 0.0546. The fourth-order valence-corrected chi connectivity index (χ4v) is 3.52. The van der Waals surface area contributed by atoms with Gasteiger partial charge in [-0.3, -0.25) is 4.79 Å². The van der Waals surface area contributed by atoms with Crippen molar-refractivity contribution in [2.45, 2.75) is 45.6 Å². The number of nitrogens with one attached hydrogen (secondary N) is 1. The molecule has 5 unspecified atom stereocenters. The zero-order chi connectivity index (χ0) is 11.7. The number of carbonyl (C=O) groups excluding carboxylic acids is 1. The van der Waals surface area contributed by atoms with Gasteiger partial charge in [-0.2, -0.15) is 0 Å². The largest absolute Gasteiger partial charge is 0.369 e. The average Bonchev–Trinajstić information content (AvgIpc) is 2.86. The molecular formula is C13H24N2O. The second kappa shape index (κ2) is 4.74. The van der Waals surface area contributed by atoms with Gasteiger partial charge in [-0.15, -0.1) is 0 Å². The smallest absolute Gasteiger partial charge is 0.221 e. The van der Waals surface area contributed by atoms with E-state index in [1.807, 2.05) is 6.92 Å². The Labute approximate surface area is 98.2 Å². The van der Waals surface area contributed by atoms with Crippen LogP contribution in [0.1, 0.15) is 39.5 Å². The standard InChI is InChI=1S/C13H24N2O/c1-8(13(14)16)7-15-9(2)12-6-10-3-4-11(12)5-10/h8-12,15H,3-7H2,1-2H3,(H2,14,16). The molecule has 3 heteroatoms. The molecule has 0 spiro atoms. The summed E-state index contributed by atoms with van der Waals surface area (Å²) in [6.07, 6.45) is 5.71. The molecule has 2 aliphatic rings. The molecular weight excluding hydrogens is 200 g/mol. The summed E-state index contributed by atoms with van der Waals surface area (Å²) in [4.78, 5) is 10.9. The number of nitrogens with two attached hydrogens (primary N) is 1. The van der Waals surface area contributed by atoms with Crippen LogP contribution in [0.5, 0.6) is 0 Å². The van der Waals surface area contributed by atoms with Gasteiger partial charge >= 0.3 is 0 Å². The van der Waals surface area contributed by atoms with Crippen LogP contribution in [-0.2, 0) is 4.79 Å². The lowest BCUT2D eigenvalue weighted by Crippen LogP contribution is -2.41. The lowest BCUT2D eigenvalue weighted by atomic mass is 9.84. The van der Waals surface area contributed by atoms with Crippen LogP contribution in [0, 0.1) is 23.7 Å². The van der Waals surface area contributed by atoms with Crippen LogP contribution in [0.15, 0.2) is 0 Å². The molecule has 0 aromatic rings. The molecule has 3 N–H and O–H groups in total. The van der Waals surface area contributed by atoms with E-state index in [-0.39, 0.29) is 11.8 Å². The second-order valence-corrected chi connectivity index (χ2v) is 5.84. The summed E-state index contributed by atoms with van der Waals surface area (Å²) < 4.78 is 0. The molecule has 1 amide bonds. The van der Waals surface area contributed by atoms with Crippen LogP contribution in [0.3, 0.4) is 0 Å². The maximum absolute atomic E-state index is 10.9. The predicted molar refractivity (Wildman–Crippen MR) is 64.8 cm³/mol. The molecule has 92 valence electrons. The van der Waals surface area contributed by atoms with Crippen LogP contribution in [-0.4, -0.2) is 18.5 Å². The molecule has 0 heterocycles. The van der Waals surface area contributed by atoms with Gasteiger partial charge in [-0.1, -0.05) is 13.3 Å². The van der Waals surface area contributed by atoms with Crippen molar-refractivity contribution >= 4 is 5.91 Å². The first-order valence-corrected chi connectivity index (χ1v) is 6.60. The van der Waals surface area contributed by atoms with E-state index < -0.39 is 0 Å². The number of carbonyl (C=O) groups is 1. The van der Waals surface area contributed by atoms with E-state index >= 15 is 0 Å². The highest BCUT2D eigenvalue weighted by atomic mass is 16.1. The Morgan fingerprint density at radius 2 is 2.12 bits per heavy atom. The van der Waals surface area contributed by atoms with Gasteiger partial charge in [-0.05, 0) is 43.9 Å². The van der Waals surface area contributed by atoms with Gasteiger partial charge in [0.1, 0.15) is 0 Å². The first-order chi connectivity index (χ1) is 7.58. The highest BCUT2D eigenvalue weighted by molar-refractivity contribution is 5.76. The van der Waals surface area contributed by atoms with Crippen LogP contribution < -0.4 is 11.1 Å². The Hall–Kier alpha value is -0.570. The highest BCUT2D eigenvalue weighted by Gasteiger charge is 2.41. The van der Waals surface area contributed by atoms with E-state index in [2.05, 4.69) is 12.2 Å². The zero-order valence-electron chi connectivity index (χ0n) is 10.4. The molecule has 5 atom stereocenters. The number of hydrogen-bond acceptors (Lipinski definition) is 2. The summed E-state index contributed by atoms with van der Waals surface area (Å²) in [5.74, 6) is 2.51. The summed E-state index contributed by atoms with van der Waals surface area (Å²) in [5.41, 5.74) is 5.26. The maximum atomic E-state index is 10.9. The summed E-state index contributed by atoms with van der Waals surface area (Å²) in [6, 6.07) is 0.539. The van der Waals surface area contributed by atoms with Gasteiger partial charge in [0.05, 0.1) is 0 Å². The predicted octanol–water partition coefficient (Wildman–Crippen LogP) is 1.52. The van der Waals surface area contributed by atoms with Crippen molar-refractivity contribution in [1.82, 2.24) is 5.32 Å². The minimum atomic E-state index is -0.201. The molecule has 2 rings (SSSR count). The normalized spacial score (nSPS) is 36.2. The minimum Gasteiger partial charge on any atom is -0.369 e. The van der Waals surface area contributed by atoms with Crippen LogP contribution in [0.25, 0.3) is 0 Å². The molecule has 16 heavy (non-hydrogen) atoms. The van der Waals surface area contributed by atoms with Crippen molar-refractivity contribution in [3.8, 4) is 0 Å². The van der Waals surface area contributed by atoms with Gasteiger partial charge in [0.15, 0.2) is 0 Å². The first-order valence-electron chi connectivity index (χ1n) is 6.60. The van der Waals surface area contributed by atoms with E-state index in [1.165, 1.54) is 25.7 Å². The topological polar surface area (TPSA) is 55.1 Å². The second-order valence-electron chi connectivity index (χ2n) is 5.84. The van der Waals surface area contributed by atoms with Gasteiger partial charge < -0.3 is 11.1 Å². The van der Waals surface area contributed by atoms with Gasteiger partial charge in [-0.25, -0.2) is 0 Å². The molecule has 2 saturated carbocycles. The summed E-state index contributed by atoms with van der Waals surface area (Å²) >= 11 is 0. The van der Waals surface area contributed by atoms with Crippen molar-refractivity contribution in [2.75, 3.05) is 6.54 Å². The highest BCUT2D eigenvalue weighted by Crippen LogP contribution is 2.49. The molecule has 2 fully saturated rings. The number of hydrogen-bond donors (Lipinski definition) is 2. The molecule has 0 aromatic carbocycles. The Bertz CT molecular complexity index is 267. The Balaban J connectivity index is 1.76. The molecule has 0 aromatic heterocycles. The van der Waals surface area contributed by atoms with Crippen molar-refractivity contribution in [3.63, 3.8) is 0 Å². The summed E-state index contributed by atoms with van der Waals surface area (Å²) in [6.45, 7) is 4.88. The van der Waals surface area contributed by atoms with Gasteiger partial charge in [0.25, 0.3) is 0 Å². The Kier molecular flexibility index (Phi) is 3.53. The van der Waals surface area contributed by atoms with Crippen molar-refractivity contribution in [2.24, 2.45) is 29.4 Å². The van der Waals surface area contributed by atoms with E-state index in [4.69, 9.17) is 5.73 Å². The van der Waals surface area contributed by atoms with Gasteiger partial charge in [0, 0.05) is 18.5 Å². The third kappa shape index (κ3) is 2.40. The summed E-state index contributed by atoms with van der Waals surface area (Å²) in [5, 5.41) is 3.49. The van der Waals surface area contributed by atoms with Crippen molar-refractivity contribution in [1.29, 1.82) is 0 Å². The lowest BCUT2D eigenvalue weighted by Gasteiger charge is -2.29. The fraction of sp³-hybridized carbons (Fsp3) is 0.923. The monoisotopic (exact) mass is 224 g/mol. The first kappa shape index (κ1) is 11.9. The van der Waals surface area contributed by atoms with Gasteiger partial charge in [0.2, 0.25) is 5.91 Å². The molecule has 2 bridgehead atoms. The molecule has 2 aliphatic carbocycles.